The molecule has 2 aromatic carbocycles. The Kier molecular flexibility index (Phi) is 4.44. The lowest BCUT2D eigenvalue weighted by atomic mass is 10.1. The van der Waals surface area contributed by atoms with Crippen molar-refractivity contribution in [3.05, 3.63) is 59.1 Å². The molecule has 0 saturated heterocycles. The van der Waals surface area contributed by atoms with Gasteiger partial charge in [-0.25, -0.2) is 4.79 Å². The molecule has 3 N–H and O–H groups in total. The number of urea groups is 1. The summed E-state index contributed by atoms with van der Waals surface area (Å²) in [6.45, 7) is 1.44. The van der Waals surface area contributed by atoms with Crippen LogP contribution in [0, 0.1) is 0 Å². The molecule has 1 fully saturated rings. The van der Waals surface area contributed by atoms with Crippen LogP contribution in [0.15, 0.2) is 48.5 Å². The second-order valence-electron chi connectivity index (χ2n) is 5.93. The van der Waals surface area contributed by atoms with Gasteiger partial charge in [-0.1, -0.05) is 29.8 Å². The molecule has 3 rings (SSSR count). The number of carbonyl (C=O) groups is 2. The molecule has 0 aliphatic heterocycles. The molecule has 124 valence electrons. The zero-order valence-corrected chi connectivity index (χ0v) is 14.0. The Balaban J connectivity index is 1.65. The van der Waals surface area contributed by atoms with Gasteiger partial charge in [-0.05, 0) is 48.7 Å². The summed E-state index contributed by atoms with van der Waals surface area (Å²) in [5, 5.41) is 9.20. The van der Waals surface area contributed by atoms with E-state index in [0.29, 0.717) is 16.4 Å². The quantitative estimate of drug-likeness (QED) is 0.781. The van der Waals surface area contributed by atoms with E-state index in [1.807, 2.05) is 24.3 Å². The highest BCUT2D eigenvalue weighted by molar-refractivity contribution is 6.30. The van der Waals surface area contributed by atoms with Crippen molar-refractivity contribution in [2.45, 2.75) is 25.3 Å². The number of benzene rings is 2. The lowest BCUT2D eigenvalue weighted by Gasteiger charge is -2.18. The van der Waals surface area contributed by atoms with Gasteiger partial charge in [0.2, 0.25) is 5.91 Å². The molecular weight excluding hydrogens is 326 g/mol. The largest absolute Gasteiger partial charge is 0.328 e. The maximum absolute atomic E-state index is 12.3. The number of amides is 3. The van der Waals surface area contributed by atoms with Crippen molar-refractivity contribution in [3.63, 3.8) is 0 Å². The summed E-state index contributed by atoms with van der Waals surface area (Å²) in [7, 11) is 0. The summed E-state index contributed by atoms with van der Waals surface area (Å²) in [6, 6.07) is 14.3. The first-order valence-corrected chi connectivity index (χ1v) is 8.08. The summed E-state index contributed by atoms with van der Waals surface area (Å²) in [5.74, 6) is -0.156. The molecule has 6 heteroatoms. The number of rotatable bonds is 4. The van der Waals surface area contributed by atoms with E-state index in [-0.39, 0.29) is 17.5 Å². The van der Waals surface area contributed by atoms with Crippen LogP contribution in [-0.2, 0) is 10.3 Å². The second-order valence-corrected chi connectivity index (χ2v) is 6.37. The van der Waals surface area contributed by atoms with Crippen LogP contribution in [0.25, 0.3) is 0 Å². The first-order chi connectivity index (χ1) is 11.5. The van der Waals surface area contributed by atoms with Crippen LogP contribution in [0.5, 0.6) is 0 Å². The maximum Gasteiger partial charge on any atom is 0.319 e. The topological polar surface area (TPSA) is 70.2 Å². The number of nitrogens with one attached hydrogen (secondary N) is 3. The smallest absolute Gasteiger partial charge is 0.319 e. The fourth-order valence-corrected chi connectivity index (χ4v) is 2.76. The van der Waals surface area contributed by atoms with Crippen LogP contribution in [0.3, 0.4) is 0 Å². The van der Waals surface area contributed by atoms with Gasteiger partial charge in [0.05, 0.1) is 5.54 Å². The highest BCUT2D eigenvalue weighted by atomic mass is 35.5. The lowest BCUT2D eigenvalue weighted by molar-refractivity contribution is -0.114. The average molecular weight is 344 g/mol. The molecule has 5 nitrogen and oxygen atoms in total. The van der Waals surface area contributed by atoms with Gasteiger partial charge in [0.15, 0.2) is 0 Å². The van der Waals surface area contributed by atoms with Crippen LogP contribution in [0.4, 0.5) is 16.2 Å². The standard InChI is InChI=1S/C18H18ClN3O2/c1-12(23)20-15-3-2-4-16(11-15)21-17(24)22-18(9-10-18)13-5-7-14(19)8-6-13/h2-8,11H,9-10H2,1H3,(H,20,23)(H2,21,22,24). The van der Waals surface area contributed by atoms with Crippen molar-refractivity contribution >= 4 is 34.9 Å². The summed E-state index contributed by atoms with van der Waals surface area (Å²) >= 11 is 5.92. The number of anilines is 2. The zero-order chi connectivity index (χ0) is 17.2. The number of halogens is 1. The van der Waals surface area contributed by atoms with Crippen molar-refractivity contribution < 1.29 is 9.59 Å². The Morgan fingerprint density at radius 2 is 1.62 bits per heavy atom. The molecule has 0 atom stereocenters. The minimum absolute atomic E-state index is 0.156. The molecule has 24 heavy (non-hydrogen) atoms. The Bertz CT molecular complexity index is 770. The van der Waals surface area contributed by atoms with E-state index >= 15 is 0 Å². The minimum atomic E-state index is -0.316. The molecule has 3 amide bonds. The third-order valence-corrected chi connectivity index (χ3v) is 4.19. The monoisotopic (exact) mass is 343 g/mol. The molecule has 1 aliphatic carbocycles. The van der Waals surface area contributed by atoms with Gasteiger partial charge >= 0.3 is 6.03 Å². The molecule has 0 unspecified atom stereocenters. The third kappa shape index (κ3) is 3.86. The van der Waals surface area contributed by atoms with Crippen LogP contribution < -0.4 is 16.0 Å². The highest BCUT2D eigenvalue weighted by Crippen LogP contribution is 2.45. The Labute approximate surface area is 145 Å². The van der Waals surface area contributed by atoms with Crippen molar-refractivity contribution in [2.24, 2.45) is 0 Å². The third-order valence-electron chi connectivity index (χ3n) is 3.94. The fraction of sp³-hybridized carbons (Fsp3) is 0.222. The van der Waals surface area contributed by atoms with Gasteiger partial charge in [-0.15, -0.1) is 0 Å². The highest BCUT2D eigenvalue weighted by Gasteiger charge is 2.45. The molecule has 1 saturated carbocycles. The summed E-state index contributed by atoms with van der Waals surface area (Å²) in [5.41, 5.74) is 1.99. The van der Waals surface area contributed by atoms with E-state index < -0.39 is 0 Å². The van der Waals surface area contributed by atoms with Crippen molar-refractivity contribution in [3.8, 4) is 0 Å². The molecule has 0 bridgehead atoms. The lowest BCUT2D eigenvalue weighted by Crippen LogP contribution is -2.38. The van der Waals surface area contributed by atoms with Gasteiger partial charge in [0, 0.05) is 23.3 Å². The van der Waals surface area contributed by atoms with Crippen molar-refractivity contribution in [1.82, 2.24) is 5.32 Å². The minimum Gasteiger partial charge on any atom is -0.328 e. The van der Waals surface area contributed by atoms with Gasteiger partial charge in [0.1, 0.15) is 0 Å². The second kappa shape index (κ2) is 6.53. The number of hydrogen-bond acceptors (Lipinski definition) is 2. The Morgan fingerprint density at radius 1 is 1.00 bits per heavy atom. The van der Waals surface area contributed by atoms with Gasteiger partial charge in [0.25, 0.3) is 0 Å². The summed E-state index contributed by atoms with van der Waals surface area (Å²) in [6.07, 6.45) is 1.79. The average Bonchev–Trinajstić information content (AvgIpc) is 3.28. The van der Waals surface area contributed by atoms with E-state index in [1.165, 1.54) is 6.92 Å². The van der Waals surface area contributed by atoms with Gasteiger partial charge < -0.3 is 16.0 Å². The van der Waals surface area contributed by atoms with Crippen LogP contribution in [0.1, 0.15) is 25.3 Å². The molecule has 0 heterocycles. The summed E-state index contributed by atoms with van der Waals surface area (Å²) in [4.78, 5) is 23.4. The first-order valence-electron chi connectivity index (χ1n) is 7.70. The van der Waals surface area contributed by atoms with Crippen molar-refractivity contribution in [2.75, 3.05) is 10.6 Å². The fourth-order valence-electron chi connectivity index (χ4n) is 2.64. The van der Waals surface area contributed by atoms with E-state index in [9.17, 15) is 9.59 Å². The SMILES string of the molecule is CC(=O)Nc1cccc(NC(=O)NC2(c3ccc(Cl)cc3)CC2)c1. The van der Waals surface area contributed by atoms with E-state index in [4.69, 9.17) is 11.6 Å². The predicted molar refractivity (Wildman–Crippen MR) is 95.3 cm³/mol. The predicted octanol–water partition coefficient (Wildman–Crippen LogP) is 4.11. The Morgan fingerprint density at radius 3 is 2.21 bits per heavy atom. The van der Waals surface area contributed by atoms with E-state index in [2.05, 4.69) is 16.0 Å². The van der Waals surface area contributed by atoms with E-state index in [1.54, 1.807) is 24.3 Å². The van der Waals surface area contributed by atoms with E-state index in [0.717, 1.165) is 18.4 Å². The zero-order valence-electron chi connectivity index (χ0n) is 13.2. The number of carbonyl (C=O) groups excluding carboxylic acids is 2. The van der Waals surface area contributed by atoms with Crippen LogP contribution in [0.2, 0.25) is 5.02 Å². The summed E-state index contributed by atoms with van der Waals surface area (Å²) < 4.78 is 0. The van der Waals surface area contributed by atoms with Crippen LogP contribution in [-0.4, -0.2) is 11.9 Å². The first kappa shape index (κ1) is 16.3. The maximum atomic E-state index is 12.3. The molecule has 1 aliphatic rings. The van der Waals surface area contributed by atoms with Crippen molar-refractivity contribution in [1.29, 1.82) is 0 Å². The Hall–Kier alpha value is -2.53. The molecule has 0 aromatic heterocycles. The number of hydrogen-bond donors (Lipinski definition) is 3. The van der Waals surface area contributed by atoms with Gasteiger partial charge in [-0.2, -0.15) is 0 Å². The normalized spacial score (nSPS) is 14.6. The van der Waals surface area contributed by atoms with Crippen LogP contribution >= 0.6 is 11.6 Å². The van der Waals surface area contributed by atoms with Gasteiger partial charge in [-0.3, -0.25) is 4.79 Å². The molecule has 2 aromatic rings. The molecule has 0 radical (unpaired) electrons. The molecular formula is C18H18ClN3O2. The molecule has 0 spiro atoms.